The predicted octanol–water partition coefficient (Wildman–Crippen LogP) is 5.54. The van der Waals surface area contributed by atoms with E-state index in [9.17, 15) is 20.2 Å². The first kappa shape index (κ1) is 22.6. The van der Waals surface area contributed by atoms with E-state index in [-0.39, 0.29) is 22.2 Å². The maximum Gasteiger partial charge on any atom is 0.270 e. The number of carbonyl (C=O) groups excluding carboxylic acids is 1. The van der Waals surface area contributed by atoms with Crippen molar-refractivity contribution >= 4 is 34.1 Å². The van der Waals surface area contributed by atoms with Crippen LogP contribution in [0.25, 0.3) is 28.0 Å². The van der Waals surface area contributed by atoms with Crippen molar-refractivity contribution in [3.63, 3.8) is 0 Å². The van der Waals surface area contributed by atoms with E-state index in [1.165, 1.54) is 29.5 Å². The van der Waals surface area contributed by atoms with Crippen LogP contribution in [0.5, 0.6) is 0 Å². The number of nitrogens with zero attached hydrogens (tertiary/aromatic N) is 4. The molecule has 0 aliphatic rings. The summed E-state index contributed by atoms with van der Waals surface area (Å²) in [5.74, 6) is -0.0127. The molecule has 0 unspecified atom stereocenters. The first-order valence-electron chi connectivity index (χ1n) is 10.0. The van der Waals surface area contributed by atoms with Crippen LogP contribution in [0.4, 0.5) is 10.8 Å². The Bertz CT molecular complexity index is 1480. The second kappa shape index (κ2) is 9.48. The maximum atomic E-state index is 12.6. The Kier molecular flexibility index (Phi) is 6.29. The molecule has 9 nitrogen and oxygen atoms in total. The Hall–Kier alpha value is -4.62. The third kappa shape index (κ3) is 4.90. The van der Waals surface area contributed by atoms with Crippen molar-refractivity contribution in [3.05, 3.63) is 87.2 Å². The number of hydrogen-bond donors (Lipinski definition) is 1. The van der Waals surface area contributed by atoms with Crippen molar-refractivity contribution in [1.82, 2.24) is 10.2 Å². The van der Waals surface area contributed by atoms with E-state index in [1.54, 1.807) is 25.1 Å². The van der Waals surface area contributed by atoms with Gasteiger partial charge in [0.05, 0.1) is 4.92 Å². The van der Waals surface area contributed by atoms with Crippen LogP contribution in [0.2, 0.25) is 0 Å². The van der Waals surface area contributed by atoms with Crippen molar-refractivity contribution in [1.29, 1.82) is 5.26 Å². The van der Waals surface area contributed by atoms with E-state index in [1.807, 2.05) is 37.3 Å². The molecule has 2 aromatic carbocycles. The van der Waals surface area contributed by atoms with E-state index in [0.29, 0.717) is 16.3 Å². The molecule has 0 spiro atoms. The zero-order valence-corrected chi connectivity index (χ0v) is 18.9. The fraction of sp³-hybridized carbons (Fsp3) is 0.0833. The van der Waals surface area contributed by atoms with Gasteiger partial charge in [-0.05, 0) is 37.6 Å². The zero-order valence-electron chi connectivity index (χ0n) is 18.1. The summed E-state index contributed by atoms with van der Waals surface area (Å²) in [5, 5.41) is 32.1. The van der Waals surface area contributed by atoms with Gasteiger partial charge in [-0.25, -0.2) is 0 Å². The van der Waals surface area contributed by atoms with Crippen LogP contribution in [-0.4, -0.2) is 21.0 Å². The van der Waals surface area contributed by atoms with E-state index in [4.69, 9.17) is 4.42 Å². The van der Waals surface area contributed by atoms with E-state index < -0.39 is 10.8 Å². The van der Waals surface area contributed by atoms with Crippen molar-refractivity contribution in [2.75, 3.05) is 5.32 Å². The minimum atomic E-state index is -0.654. The number of hydrogen-bond acceptors (Lipinski definition) is 8. The molecule has 0 saturated heterocycles. The Labute approximate surface area is 198 Å². The highest BCUT2D eigenvalue weighted by atomic mass is 32.1. The Morgan fingerprint density at radius 2 is 2.00 bits per heavy atom. The molecule has 168 valence electrons. The van der Waals surface area contributed by atoms with Gasteiger partial charge < -0.3 is 4.42 Å². The number of non-ortho nitro benzene ring substituents is 1. The van der Waals surface area contributed by atoms with E-state index in [0.717, 1.165) is 16.7 Å². The highest BCUT2D eigenvalue weighted by Gasteiger charge is 2.16. The summed E-state index contributed by atoms with van der Waals surface area (Å²) in [6.45, 7) is 3.77. The molecule has 4 aromatic rings. The normalized spacial score (nSPS) is 11.1. The second-order valence-corrected chi connectivity index (χ2v) is 8.34. The number of anilines is 1. The Morgan fingerprint density at radius 3 is 2.74 bits per heavy atom. The number of nitro groups is 1. The lowest BCUT2D eigenvalue weighted by Gasteiger charge is -2.02. The molecule has 2 aromatic heterocycles. The molecule has 0 radical (unpaired) electrons. The molecule has 0 aliphatic carbocycles. The molecule has 0 fully saturated rings. The van der Waals surface area contributed by atoms with Gasteiger partial charge in [0.15, 0.2) is 0 Å². The number of amides is 1. The van der Waals surface area contributed by atoms with Crippen LogP contribution in [0.15, 0.2) is 64.6 Å². The topological polar surface area (TPSA) is 135 Å². The summed E-state index contributed by atoms with van der Waals surface area (Å²) in [7, 11) is 0. The van der Waals surface area contributed by atoms with Gasteiger partial charge in [0.1, 0.15) is 28.2 Å². The van der Waals surface area contributed by atoms with Gasteiger partial charge in [0.25, 0.3) is 11.6 Å². The quantitative estimate of drug-likeness (QED) is 0.169. The SMILES string of the molecule is Cc1cccc(-c2nnc(NC(=O)C(C#N)=Cc3ccc(-c4cc([N+](=O)[O-])ccc4C)o3)s2)c1. The summed E-state index contributed by atoms with van der Waals surface area (Å²) in [6.07, 6.45) is 1.30. The number of nitrogens with one attached hydrogen (secondary N) is 1. The van der Waals surface area contributed by atoms with Gasteiger partial charge in [-0.15, -0.1) is 10.2 Å². The van der Waals surface area contributed by atoms with Gasteiger partial charge in [0, 0.05) is 29.3 Å². The summed E-state index contributed by atoms with van der Waals surface area (Å²) < 4.78 is 5.74. The molecule has 0 aliphatic heterocycles. The number of aromatic nitrogens is 2. The summed E-state index contributed by atoms with van der Waals surface area (Å²) in [4.78, 5) is 23.2. The lowest BCUT2D eigenvalue weighted by molar-refractivity contribution is -0.384. The Balaban J connectivity index is 1.53. The van der Waals surface area contributed by atoms with Crippen molar-refractivity contribution < 1.29 is 14.1 Å². The average molecular weight is 471 g/mol. The summed E-state index contributed by atoms with van der Waals surface area (Å²) in [5.41, 5.74) is 3.04. The van der Waals surface area contributed by atoms with Crippen LogP contribution in [0.1, 0.15) is 16.9 Å². The monoisotopic (exact) mass is 471 g/mol. The molecule has 4 rings (SSSR count). The van der Waals surface area contributed by atoms with Gasteiger partial charge in [-0.1, -0.05) is 41.2 Å². The van der Waals surface area contributed by atoms with Crippen LogP contribution in [-0.2, 0) is 4.79 Å². The number of aryl methyl sites for hydroxylation is 2. The third-order valence-corrected chi connectivity index (χ3v) is 5.77. The van der Waals surface area contributed by atoms with Crippen molar-refractivity contribution in [2.24, 2.45) is 0 Å². The predicted molar refractivity (Wildman–Crippen MR) is 128 cm³/mol. The number of nitriles is 1. The molecule has 1 amide bonds. The molecule has 1 N–H and O–H groups in total. The zero-order chi connectivity index (χ0) is 24.2. The molecule has 10 heteroatoms. The number of rotatable bonds is 6. The molecular formula is C24H17N5O4S. The average Bonchev–Trinajstić information content (AvgIpc) is 3.47. The number of furan rings is 1. The smallest absolute Gasteiger partial charge is 0.270 e. The fourth-order valence-electron chi connectivity index (χ4n) is 3.19. The van der Waals surface area contributed by atoms with Gasteiger partial charge >= 0.3 is 0 Å². The van der Waals surface area contributed by atoms with Gasteiger partial charge in [-0.3, -0.25) is 20.2 Å². The third-order valence-electron chi connectivity index (χ3n) is 4.89. The second-order valence-electron chi connectivity index (χ2n) is 7.36. The fourth-order valence-corrected chi connectivity index (χ4v) is 3.92. The van der Waals surface area contributed by atoms with Crippen LogP contribution >= 0.6 is 11.3 Å². The summed E-state index contributed by atoms with van der Waals surface area (Å²) >= 11 is 1.19. The van der Waals surface area contributed by atoms with Gasteiger partial charge in [0.2, 0.25) is 5.13 Å². The van der Waals surface area contributed by atoms with Gasteiger partial charge in [-0.2, -0.15) is 5.26 Å². The maximum absolute atomic E-state index is 12.6. The standard InChI is InChI=1S/C24H17N5O4S/c1-14-4-3-5-16(10-14)23-27-28-24(34-23)26-22(30)17(13-25)11-19-8-9-21(33-19)20-12-18(29(31)32)7-6-15(20)2/h3-12H,1-2H3,(H,26,28,30). The molecule has 0 saturated carbocycles. The van der Waals surface area contributed by atoms with Crippen molar-refractivity contribution in [2.45, 2.75) is 13.8 Å². The van der Waals surface area contributed by atoms with Crippen LogP contribution in [0, 0.1) is 35.3 Å². The van der Waals surface area contributed by atoms with E-state index >= 15 is 0 Å². The molecule has 34 heavy (non-hydrogen) atoms. The summed E-state index contributed by atoms with van der Waals surface area (Å²) in [6, 6.07) is 17.3. The molecule has 2 heterocycles. The van der Waals surface area contributed by atoms with Crippen LogP contribution < -0.4 is 5.32 Å². The lowest BCUT2D eigenvalue weighted by Crippen LogP contribution is -2.13. The lowest BCUT2D eigenvalue weighted by atomic mass is 10.1. The Morgan fingerprint density at radius 1 is 1.18 bits per heavy atom. The molecular weight excluding hydrogens is 454 g/mol. The number of benzene rings is 2. The highest BCUT2D eigenvalue weighted by molar-refractivity contribution is 7.18. The number of nitro benzene ring substituents is 1. The first-order chi connectivity index (χ1) is 16.3. The molecule has 0 bridgehead atoms. The van der Waals surface area contributed by atoms with Crippen LogP contribution in [0.3, 0.4) is 0 Å². The minimum Gasteiger partial charge on any atom is -0.457 e. The highest BCUT2D eigenvalue weighted by Crippen LogP contribution is 2.30. The van der Waals surface area contributed by atoms with E-state index in [2.05, 4.69) is 15.5 Å². The molecule has 0 atom stereocenters. The largest absolute Gasteiger partial charge is 0.457 e. The number of carbonyl (C=O) groups is 1. The minimum absolute atomic E-state index is 0.0618. The van der Waals surface area contributed by atoms with Crippen molar-refractivity contribution in [3.8, 4) is 28.0 Å². The first-order valence-corrected chi connectivity index (χ1v) is 10.8.